The van der Waals surface area contributed by atoms with Gasteiger partial charge in [0.1, 0.15) is 18.3 Å². The van der Waals surface area contributed by atoms with Gasteiger partial charge >= 0.3 is 0 Å². The molecule has 0 radical (unpaired) electrons. The van der Waals surface area contributed by atoms with Crippen LogP contribution in [0.3, 0.4) is 0 Å². The molecule has 4 atom stereocenters. The maximum absolute atomic E-state index is 10.2. The van der Waals surface area contributed by atoms with E-state index in [1.54, 1.807) is 0 Å². The first-order valence-electron chi connectivity index (χ1n) is 3.46. The van der Waals surface area contributed by atoms with Crippen molar-refractivity contribution < 1.29 is 29.0 Å². The van der Waals surface area contributed by atoms with E-state index in [2.05, 4.69) is 20.1 Å². The summed E-state index contributed by atoms with van der Waals surface area (Å²) >= 11 is 2.47. The van der Waals surface area contributed by atoms with Gasteiger partial charge in [-0.15, -0.1) is 0 Å². The molecule has 0 amide bonds. The molecular weight excluding hydrogens is 248 g/mol. The molecule has 0 heterocycles. The van der Waals surface area contributed by atoms with Gasteiger partial charge in [0, 0.05) is 0 Å². The average Bonchev–Trinajstić information content (AvgIpc) is 2.17. The monoisotopic (exact) mass is 258 g/mol. The third-order valence-electron chi connectivity index (χ3n) is 1.50. The quantitative estimate of drug-likeness (QED) is 0.409. The predicted molar refractivity (Wildman–Crippen MR) is 45.0 cm³/mol. The minimum Gasteiger partial charge on any atom is -0.394 e. The molecule has 78 valence electrons. The number of carbonyl (C=O) groups excluding carboxylic acids is 1. The van der Waals surface area contributed by atoms with Crippen LogP contribution in [-0.4, -0.2) is 57.7 Å². The summed E-state index contributed by atoms with van der Waals surface area (Å²) in [6, 6.07) is 0. The normalized spacial score (nSPS) is 20.4. The molecule has 0 fully saturated rings. The standard InChI is InChI=1S/C6H11BrO6/c7-13-4(2-9)6(12)5(11)3(10)1-8/h2-6,8,10-12H,1H2/t3-,4+,5-,6-/m1/s1. The number of aldehydes is 1. The molecular formula is C6H11BrO6. The van der Waals surface area contributed by atoms with E-state index in [0.29, 0.717) is 0 Å². The molecule has 0 bridgehead atoms. The largest absolute Gasteiger partial charge is 0.394 e. The average molecular weight is 259 g/mol. The summed E-state index contributed by atoms with van der Waals surface area (Å²) in [6.07, 6.45) is -5.79. The van der Waals surface area contributed by atoms with Crippen LogP contribution in [0.2, 0.25) is 0 Å². The van der Waals surface area contributed by atoms with Crippen LogP contribution in [-0.2, 0) is 8.62 Å². The van der Waals surface area contributed by atoms with Crippen LogP contribution in [0, 0.1) is 0 Å². The minimum atomic E-state index is -1.64. The molecule has 0 aromatic carbocycles. The smallest absolute Gasteiger partial charge is 0.156 e. The summed E-state index contributed by atoms with van der Waals surface area (Å²) in [5.74, 6) is 0. The van der Waals surface area contributed by atoms with Crippen molar-refractivity contribution >= 4 is 22.5 Å². The second-order valence-corrected chi connectivity index (χ2v) is 2.79. The fraction of sp³-hybridized carbons (Fsp3) is 0.833. The highest BCUT2D eigenvalue weighted by atomic mass is 79.9. The Morgan fingerprint density at radius 2 is 1.85 bits per heavy atom. The number of hydrogen-bond donors (Lipinski definition) is 4. The summed E-state index contributed by atoms with van der Waals surface area (Å²) in [5.41, 5.74) is 0. The van der Waals surface area contributed by atoms with Gasteiger partial charge in [-0.25, -0.2) is 0 Å². The van der Waals surface area contributed by atoms with Gasteiger partial charge in [0.05, 0.1) is 22.9 Å². The fourth-order valence-corrected chi connectivity index (χ4v) is 0.993. The number of halogens is 1. The zero-order valence-corrected chi connectivity index (χ0v) is 8.16. The third-order valence-corrected chi connectivity index (χ3v) is 1.94. The number of aliphatic hydroxyl groups is 4. The third kappa shape index (κ3) is 3.67. The van der Waals surface area contributed by atoms with Crippen molar-refractivity contribution in [3.05, 3.63) is 0 Å². The van der Waals surface area contributed by atoms with Crippen LogP contribution < -0.4 is 0 Å². The molecule has 0 aliphatic carbocycles. The van der Waals surface area contributed by atoms with Crippen LogP contribution in [0.4, 0.5) is 0 Å². The molecule has 7 heteroatoms. The van der Waals surface area contributed by atoms with Crippen molar-refractivity contribution in [2.24, 2.45) is 0 Å². The summed E-state index contributed by atoms with van der Waals surface area (Å²) in [4.78, 5) is 10.2. The van der Waals surface area contributed by atoms with Gasteiger partial charge in [-0.3, -0.25) is 3.83 Å². The van der Waals surface area contributed by atoms with E-state index >= 15 is 0 Å². The van der Waals surface area contributed by atoms with Gasteiger partial charge in [-0.2, -0.15) is 0 Å². The van der Waals surface area contributed by atoms with E-state index in [1.165, 1.54) is 0 Å². The Bertz CT molecular complexity index is 154. The molecule has 6 nitrogen and oxygen atoms in total. The van der Waals surface area contributed by atoms with Crippen LogP contribution in [0.25, 0.3) is 0 Å². The Labute approximate surface area is 83.2 Å². The molecule has 4 N–H and O–H groups in total. The maximum atomic E-state index is 10.2. The number of hydrogen-bond acceptors (Lipinski definition) is 6. The zero-order valence-electron chi connectivity index (χ0n) is 6.58. The van der Waals surface area contributed by atoms with E-state index in [9.17, 15) is 9.90 Å². The summed E-state index contributed by atoms with van der Waals surface area (Å²) in [6.45, 7) is -0.716. The van der Waals surface area contributed by atoms with Crippen molar-refractivity contribution in [3.63, 3.8) is 0 Å². The van der Waals surface area contributed by atoms with Gasteiger partial charge in [0.2, 0.25) is 0 Å². The molecule has 0 rings (SSSR count). The Morgan fingerprint density at radius 3 is 2.15 bits per heavy atom. The molecule has 0 aromatic rings. The van der Waals surface area contributed by atoms with Crippen molar-refractivity contribution in [1.82, 2.24) is 0 Å². The first-order valence-corrected chi connectivity index (χ1v) is 4.11. The fourth-order valence-electron chi connectivity index (χ4n) is 0.684. The summed E-state index contributed by atoms with van der Waals surface area (Å²) in [5, 5.41) is 35.6. The van der Waals surface area contributed by atoms with Crippen molar-refractivity contribution in [2.75, 3.05) is 6.61 Å². The lowest BCUT2D eigenvalue weighted by Gasteiger charge is -2.23. The second kappa shape index (κ2) is 6.41. The van der Waals surface area contributed by atoms with Crippen molar-refractivity contribution in [3.8, 4) is 0 Å². The van der Waals surface area contributed by atoms with Crippen LogP contribution in [0.15, 0.2) is 0 Å². The lowest BCUT2D eigenvalue weighted by Crippen LogP contribution is -2.46. The summed E-state index contributed by atoms with van der Waals surface area (Å²) in [7, 11) is 0. The highest BCUT2D eigenvalue weighted by molar-refractivity contribution is 9.06. The number of rotatable bonds is 6. The molecule has 0 saturated carbocycles. The van der Waals surface area contributed by atoms with Gasteiger partial charge in [0.25, 0.3) is 0 Å². The molecule has 0 unspecified atom stereocenters. The van der Waals surface area contributed by atoms with Crippen LogP contribution >= 0.6 is 16.3 Å². The number of aliphatic hydroxyl groups excluding tert-OH is 4. The molecule has 13 heavy (non-hydrogen) atoms. The molecule has 0 aliphatic heterocycles. The van der Waals surface area contributed by atoms with Gasteiger partial charge < -0.3 is 25.2 Å². The summed E-state index contributed by atoms with van der Waals surface area (Å²) < 4.78 is 4.32. The topological polar surface area (TPSA) is 107 Å². The zero-order chi connectivity index (χ0) is 10.4. The molecule has 0 spiro atoms. The first-order chi connectivity index (χ1) is 6.08. The Kier molecular flexibility index (Phi) is 6.39. The maximum Gasteiger partial charge on any atom is 0.156 e. The minimum absolute atomic E-state index is 0.257. The van der Waals surface area contributed by atoms with E-state index < -0.39 is 31.0 Å². The Balaban J connectivity index is 4.21. The van der Waals surface area contributed by atoms with Crippen LogP contribution in [0.5, 0.6) is 0 Å². The second-order valence-electron chi connectivity index (χ2n) is 2.42. The molecule has 0 aromatic heterocycles. The van der Waals surface area contributed by atoms with Gasteiger partial charge in [-0.1, -0.05) is 0 Å². The highest BCUT2D eigenvalue weighted by Crippen LogP contribution is 2.08. The lowest BCUT2D eigenvalue weighted by atomic mass is 10.0. The molecule has 0 saturated heterocycles. The van der Waals surface area contributed by atoms with E-state index in [-0.39, 0.29) is 6.29 Å². The first kappa shape index (κ1) is 12.9. The lowest BCUT2D eigenvalue weighted by molar-refractivity contribution is -0.130. The molecule has 0 aliphatic rings. The van der Waals surface area contributed by atoms with E-state index in [0.717, 1.165) is 0 Å². The van der Waals surface area contributed by atoms with Gasteiger partial charge in [0.15, 0.2) is 12.4 Å². The Hall–Kier alpha value is -0.0500. The Morgan fingerprint density at radius 1 is 1.31 bits per heavy atom. The van der Waals surface area contributed by atoms with Crippen molar-refractivity contribution in [1.29, 1.82) is 0 Å². The van der Waals surface area contributed by atoms with Crippen LogP contribution in [0.1, 0.15) is 0 Å². The van der Waals surface area contributed by atoms with E-state index in [1.807, 2.05) is 0 Å². The van der Waals surface area contributed by atoms with Gasteiger partial charge in [-0.05, 0) is 0 Å². The predicted octanol–water partition coefficient (Wildman–Crippen LogP) is -2.04. The van der Waals surface area contributed by atoms with Crippen molar-refractivity contribution in [2.45, 2.75) is 24.4 Å². The highest BCUT2D eigenvalue weighted by Gasteiger charge is 2.31. The SMILES string of the molecule is O=C[C@H](OBr)[C@@H](O)[C@H](O)[C@H](O)CO. The van der Waals surface area contributed by atoms with E-state index in [4.69, 9.17) is 15.3 Å². The number of carbonyl (C=O) groups is 1.